The molecule has 0 saturated heterocycles. The minimum absolute atomic E-state index is 0.0958. The van der Waals surface area contributed by atoms with Crippen LogP contribution in [0.2, 0.25) is 0 Å². The van der Waals surface area contributed by atoms with E-state index in [9.17, 15) is 9.59 Å². The maximum Gasteiger partial charge on any atom is 0.261 e. The van der Waals surface area contributed by atoms with Crippen LogP contribution < -0.4 is 10.1 Å². The highest BCUT2D eigenvalue weighted by Crippen LogP contribution is 2.16. The maximum absolute atomic E-state index is 13.0. The number of nitrogens with zero attached hydrogens (tertiary/aromatic N) is 1. The fourth-order valence-corrected chi connectivity index (χ4v) is 2.96. The smallest absolute Gasteiger partial charge is 0.261 e. The molecule has 5 heteroatoms. The van der Waals surface area contributed by atoms with E-state index in [1.165, 1.54) is 0 Å². The molecule has 0 aliphatic carbocycles. The van der Waals surface area contributed by atoms with E-state index in [2.05, 4.69) is 5.32 Å². The van der Waals surface area contributed by atoms with E-state index in [0.717, 1.165) is 11.1 Å². The second-order valence-corrected chi connectivity index (χ2v) is 7.69. The minimum atomic E-state index is -0.564. The van der Waals surface area contributed by atoms with Gasteiger partial charge in [0.1, 0.15) is 11.8 Å². The van der Waals surface area contributed by atoms with Crippen molar-refractivity contribution in [2.24, 2.45) is 5.92 Å². The molecular formula is C24H32N2O3. The summed E-state index contributed by atoms with van der Waals surface area (Å²) in [6.45, 7) is 8.74. The average molecular weight is 397 g/mol. The number of hydrogen-bond acceptors (Lipinski definition) is 3. The molecule has 29 heavy (non-hydrogen) atoms. The summed E-state index contributed by atoms with van der Waals surface area (Å²) in [5.41, 5.74) is 2.10. The lowest BCUT2D eigenvalue weighted by Gasteiger charge is -2.29. The number of ether oxygens (including phenoxy) is 1. The summed E-state index contributed by atoms with van der Waals surface area (Å²) in [5, 5.41) is 2.92. The molecule has 156 valence electrons. The van der Waals surface area contributed by atoms with Gasteiger partial charge in [0.15, 0.2) is 6.61 Å². The second kappa shape index (κ2) is 11.2. The molecule has 0 bridgehead atoms. The van der Waals surface area contributed by atoms with Crippen molar-refractivity contribution >= 4 is 11.8 Å². The second-order valence-electron chi connectivity index (χ2n) is 7.69. The van der Waals surface area contributed by atoms with E-state index >= 15 is 0 Å². The fourth-order valence-electron chi connectivity index (χ4n) is 2.96. The number of nitrogens with one attached hydrogen (secondary N) is 1. The van der Waals surface area contributed by atoms with Crippen LogP contribution in [-0.2, 0) is 16.0 Å². The van der Waals surface area contributed by atoms with E-state index in [0.29, 0.717) is 31.2 Å². The normalized spacial score (nSPS) is 11.8. The summed E-state index contributed by atoms with van der Waals surface area (Å²) in [7, 11) is 0. The Morgan fingerprint density at radius 3 is 2.31 bits per heavy atom. The summed E-state index contributed by atoms with van der Waals surface area (Å²) >= 11 is 0. The lowest BCUT2D eigenvalue weighted by atomic mass is 10.1. The Morgan fingerprint density at radius 1 is 1.00 bits per heavy atom. The third kappa shape index (κ3) is 7.26. The Kier molecular flexibility index (Phi) is 8.71. The van der Waals surface area contributed by atoms with Gasteiger partial charge in [0.2, 0.25) is 5.91 Å². The summed E-state index contributed by atoms with van der Waals surface area (Å²) < 4.78 is 5.74. The Morgan fingerprint density at radius 2 is 1.66 bits per heavy atom. The molecule has 2 aromatic rings. The van der Waals surface area contributed by atoms with E-state index in [4.69, 9.17) is 4.74 Å². The highest BCUT2D eigenvalue weighted by atomic mass is 16.5. The first-order valence-electron chi connectivity index (χ1n) is 10.2. The third-order valence-electron chi connectivity index (χ3n) is 4.78. The van der Waals surface area contributed by atoms with Crippen molar-refractivity contribution < 1.29 is 14.3 Å². The topological polar surface area (TPSA) is 58.6 Å². The van der Waals surface area contributed by atoms with Crippen LogP contribution in [0.5, 0.6) is 5.75 Å². The van der Waals surface area contributed by atoms with Gasteiger partial charge in [-0.2, -0.15) is 0 Å². The van der Waals surface area contributed by atoms with Gasteiger partial charge in [0, 0.05) is 13.1 Å². The molecule has 1 N–H and O–H groups in total. The van der Waals surface area contributed by atoms with Gasteiger partial charge in [-0.3, -0.25) is 9.59 Å². The van der Waals surface area contributed by atoms with Gasteiger partial charge in [-0.1, -0.05) is 62.4 Å². The first-order chi connectivity index (χ1) is 13.9. The zero-order chi connectivity index (χ0) is 21.2. The molecule has 2 rings (SSSR count). The van der Waals surface area contributed by atoms with E-state index < -0.39 is 6.04 Å². The highest BCUT2D eigenvalue weighted by Gasteiger charge is 2.26. The maximum atomic E-state index is 13.0. The molecule has 0 saturated carbocycles. The summed E-state index contributed by atoms with van der Waals surface area (Å²) in [6, 6.07) is 17.0. The SMILES string of the molecule is Cc1ccccc1OCC(=O)N(CCc1ccccc1)[C@H](C)C(=O)NCC(C)C. The van der Waals surface area contributed by atoms with Crippen LogP contribution in [0.4, 0.5) is 0 Å². The molecule has 0 spiro atoms. The number of para-hydroxylation sites is 1. The van der Waals surface area contributed by atoms with Gasteiger partial charge in [-0.05, 0) is 43.4 Å². The van der Waals surface area contributed by atoms with Crippen molar-refractivity contribution in [3.8, 4) is 5.75 Å². The van der Waals surface area contributed by atoms with Crippen LogP contribution >= 0.6 is 0 Å². The predicted octanol–water partition coefficient (Wildman–Crippen LogP) is 3.61. The quantitative estimate of drug-likeness (QED) is 0.667. The van der Waals surface area contributed by atoms with Crippen LogP contribution in [0.1, 0.15) is 31.9 Å². The number of aryl methyl sites for hydroxylation is 1. The number of benzene rings is 2. The summed E-state index contributed by atoms with van der Waals surface area (Å²) in [5.74, 6) is 0.692. The zero-order valence-electron chi connectivity index (χ0n) is 17.9. The summed E-state index contributed by atoms with van der Waals surface area (Å²) in [6.07, 6.45) is 0.679. The number of carbonyl (C=O) groups is 2. The molecule has 0 aliphatic rings. The number of amides is 2. The van der Waals surface area contributed by atoms with Crippen LogP contribution in [0, 0.1) is 12.8 Å². The van der Waals surface area contributed by atoms with Crippen molar-refractivity contribution in [2.45, 2.75) is 40.2 Å². The van der Waals surface area contributed by atoms with Crippen LogP contribution in [-0.4, -0.2) is 42.5 Å². The van der Waals surface area contributed by atoms with Gasteiger partial charge >= 0.3 is 0 Å². The standard InChI is InChI=1S/C24H32N2O3/c1-18(2)16-25-24(28)20(4)26(15-14-21-11-6-5-7-12-21)23(27)17-29-22-13-9-8-10-19(22)3/h5-13,18,20H,14-17H2,1-4H3,(H,25,28)/t20-/m1/s1. The van der Waals surface area contributed by atoms with E-state index in [1.54, 1.807) is 11.8 Å². The van der Waals surface area contributed by atoms with Crippen LogP contribution in [0.25, 0.3) is 0 Å². The summed E-state index contributed by atoms with van der Waals surface area (Å²) in [4.78, 5) is 27.2. The minimum Gasteiger partial charge on any atom is -0.484 e. The Bertz CT molecular complexity index is 790. The average Bonchev–Trinajstić information content (AvgIpc) is 2.72. The van der Waals surface area contributed by atoms with Gasteiger partial charge in [-0.25, -0.2) is 0 Å². The van der Waals surface area contributed by atoms with E-state index in [-0.39, 0.29) is 18.4 Å². The number of rotatable bonds is 10. The lowest BCUT2D eigenvalue weighted by molar-refractivity contribution is -0.141. The number of carbonyl (C=O) groups excluding carboxylic acids is 2. The van der Waals surface area contributed by atoms with E-state index in [1.807, 2.05) is 75.4 Å². The van der Waals surface area contributed by atoms with Gasteiger partial charge in [-0.15, -0.1) is 0 Å². The predicted molar refractivity (Wildman–Crippen MR) is 116 cm³/mol. The largest absolute Gasteiger partial charge is 0.484 e. The molecular weight excluding hydrogens is 364 g/mol. The molecule has 0 fully saturated rings. The Balaban J connectivity index is 2.06. The van der Waals surface area contributed by atoms with Gasteiger partial charge in [0.05, 0.1) is 0 Å². The zero-order valence-corrected chi connectivity index (χ0v) is 17.9. The molecule has 1 atom stereocenters. The molecule has 0 aliphatic heterocycles. The molecule has 0 unspecified atom stereocenters. The molecule has 2 amide bonds. The number of hydrogen-bond donors (Lipinski definition) is 1. The molecule has 0 heterocycles. The monoisotopic (exact) mass is 396 g/mol. The third-order valence-corrected chi connectivity index (χ3v) is 4.78. The van der Waals surface area contributed by atoms with Gasteiger partial charge < -0.3 is 15.0 Å². The van der Waals surface area contributed by atoms with Crippen molar-refractivity contribution in [1.29, 1.82) is 0 Å². The first-order valence-corrected chi connectivity index (χ1v) is 10.2. The Hall–Kier alpha value is -2.82. The molecule has 0 radical (unpaired) electrons. The first kappa shape index (κ1) is 22.5. The van der Waals surface area contributed by atoms with Crippen molar-refractivity contribution in [3.63, 3.8) is 0 Å². The van der Waals surface area contributed by atoms with Crippen LogP contribution in [0.15, 0.2) is 54.6 Å². The van der Waals surface area contributed by atoms with Crippen molar-refractivity contribution in [3.05, 3.63) is 65.7 Å². The lowest BCUT2D eigenvalue weighted by Crippen LogP contribution is -2.50. The molecule has 5 nitrogen and oxygen atoms in total. The Labute approximate surface area is 174 Å². The van der Waals surface area contributed by atoms with Gasteiger partial charge in [0.25, 0.3) is 5.91 Å². The highest BCUT2D eigenvalue weighted by molar-refractivity contribution is 5.88. The molecule has 2 aromatic carbocycles. The fraction of sp³-hybridized carbons (Fsp3) is 0.417. The van der Waals surface area contributed by atoms with Crippen LogP contribution in [0.3, 0.4) is 0 Å². The van der Waals surface area contributed by atoms with Crippen molar-refractivity contribution in [1.82, 2.24) is 10.2 Å². The van der Waals surface area contributed by atoms with Crippen molar-refractivity contribution in [2.75, 3.05) is 19.7 Å². The molecule has 0 aromatic heterocycles.